The van der Waals surface area contributed by atoms with Crippen molar-refractivity contribution >= 4 is 41.8 Å². The highest BCUT2D eigenvalue weighted by Gasteiger charge is 2.35. The van der Waals surface area contributed by atoms with Gasteiger partial charge in [0.25, 0.3) is 0 Å². The largest absolute Gasteiger partial charge is 0.508 e. The van der Waals surface area contributed by atoms with E-state index in [9.17, 15) is 33.6 Å². The van der Waals surface area contributed by atoms with E-state index in [1.54, 1.807) is 48.5 Å². The van der Waals surface area contributed by atoms with Crippen molar-refractivity contribution in [2.75, 3.05) is 6.61 Å². The van der Waals surface area contributed by atoms with Crippen LogP contribution in [0.25, 0.3) is 11.1 Å². The lowest BCUT2D eigenvalue weighted by Crippen LogP contribution is -2.33. The minimum absolute atomic E-state index is 0.0556. The molecule has 0 saturated carbocycles. The molecule has 0 spiro atoms. The number of benzene rings is 8. The molecule has 0 amide bonds. The average molecular weight is 2030 g/mol. The van der Waals surface area contributed by atoms with E-state index in [0.29, 0.717) is 70.7 Å². The monoisotopic (exact) mass is 2030 g/mol. The van der Waals surface area contributed by atoms with Gasteiger partial charge in [-0.25, -0.2) is 4.79 Å². The summed E-state index contributed by atoms with van der Waals surface area (Å²) in [5, 5.41) is 36.0. The molecule has 8 aromatic carbocycles. The van der Waals surface area contributed by atoms with E-state index < -0.39 is 11.0 Å². The highest BCUT2D eigenvalue weighted by molar-refractivity contribution is 5.80. The van der Waals surface area contributed by atoms with Crippen LogP contribution in [0.4, 0.5) is 0 Å². The SMILES string of the molecule is CCC(C)(C)C(=O)OC(C)(C)C.CCC(C)(C)C(=O)OC(C)(C)C.CCC(C)(C)C(=O)OC(C)(C)C.CCC(C)(C)C(=O)OC(C)(C)C.CCC(C)(C)C(=O)OCc1ccccc1.CCC(C)(C)C(=O)Oc1ccc(-c2ccccc2)cc1.CCC(C)c1ccc(O)cc1.CCC(C)c1ccc(O)cc1.CCC(C)c1ccc(O)cc1.CCC(C)c1ccc(O)cc1.CCC(C)c1ccc(OCC(=O)OC(C)(C)C)cc1. The van der Waals surface area contributed by atoms with Gasteiger partial charge in [0.2, 0.25) is 0 Å². The molecule has 0 aliphatic rings. The van der Waals surface area contributed by atoms with Gasteiger partial charge in [-0.1, -0.05) is 244 Å². The number of hydrogen-bond acceptors (Lipinski definition) is 19. The lowest BCUT2D eigenvalue weighted by Gasteiger charge is -2.27. The fraction of sp³-hybridized carbons (Fsp3) is 0.567. The number of rotatable bonds is 29. The molecule has 4 N–H and O–H groups in total. The third-order valence-electron chi connectivity index (χ3n) is 24.7. The summed E-state index contributed by atoms with van der Waals surface area (Å²) in [7, 11) is 0. The smallest absolute Gasteiger partial charge is 0.344 e. The van der Waals surface area contributed by atoms with E-state index >= 15 is 0 Å². The Balaban J connectivity index is -0.00000155. The number of carbonyl (C=O) groups is 7. The van der Waals surface area contributed by atoms with E-state index in [2.05, 4.69) is 81.4 Å². The van der Waals surface area contributed by atoms with Gasteiger partial charge in [0.05, 0.1) is 32.5 Å². The number of aromatic hydroxyl groups is 4. The van der Waals surface area contributed by atoms with Gasteiger partial charge in [0.1, 0.15) is 69.1 Å². The maximum atomic E-state index is 12.0. The van der Waals surface area contributed by atoms with Gasteiger partial charge in [-0.2, -0.15) is 0 Å². The van der Waals surface area contributed by atoms with E-state index in [1.165, 1.54) is 27.8 Å². The molecule has 0 aromatic heterocycles. The fourth-order valence-electron chi connectivity index (χ4n) is 10.8. The predicted octanol–water partition coefficient (Wildman–Crippen LogP) is 34.5. The standard InChI is InChI=1S/C18H20O2.C16H24O3.C13H18O2.4C10H20O2.4C10H14O/c1-4-18(2,3)17(19)20-16-12-10-15(11-13-16)14-8-6-5-7-9-14;1-6-12(2)13-7-9-14(10-8-13)18-11-15(17)19-16(3,4)5;1-4-13(2,3)12(14)15-10-11-8-6-5-7-9-11;4*1-7-10(5,6)8(11)12-9(2,3)4;4*1-3-8(2)9-4-6-10(11)7-5-9/h5-13H,4H2,1-3H3;7-10,12H,6,11H2,1-5H3;5-9H,4,10H2,1-3H3;4*7H2,1-6H3;4*4-8,11H,3H2,1-2H3. The van der Waals surface area contributed by atoms with Crippen LogP contribution in [0.15, 0.2) is 206 Å². The Hall–Kier alpha value is -11.0. The number of esters is 7. The van der Waals surface area contributed by atoms with Crippen LogP contribution in [-0.2, 0) is 68.6 Å². The van der Waals surface area contributed by atoms with Crippen molar-refractivity contribution in [3.63, 3.8) is 0 Å². The van der Waals surface area contributed by atoms with E-state index in [0.717, 1.165) is 87.3 Å². The lowest BCUT2D eigenvalue weighted by atomic mass is 9.90. The maximum absolute atomic E-state index is 12.0. The number of carbonyl (C=O) groups excluding carboxylic acids is 7. The zero-order valence-electron chi connectivity index (χ0n) is 98.6. The molecule has 8 rings (SSSR count). The van der Waals surface area contributed by atoms with Gasteiger partial charge >= 0.3 is 41.8 Å². The van der Waals surface area contributed by atoms with Crippen molar-refractivity contribution in [2.45, 2.75) is 433 Å². The normalized spacial score (nSPS) is 12.5. The van der Waals surface area contributed by atoms with Crippen molar-refractivity contribution in [2.24, 2.45) is 32.5 Å². The van der Waals surface area contributed by atoms with Gasteiger partial charge in [0, 0.05) is 0 Å². The van der Waals surface area contributed by atoms with Crippen LogP contribution in [0.2, 0.25) is 0 Å². The summed E-state index contributed by atoms with van der Waals surface area (Å²) in [6, 6.07) is 65.0. The topological polar surface area (TPSA) is 274 Å². The van der Waals surface area contributed by atoms with Gasteiger partial charge in [0.15, 0.2) is 6.61 Å². The van der Waals surface area contributed by atoms with Crippen molar-refractivity contribution in [1.82, 2.24) is 0 Å². The Labute approximate surface area is 885 Å². The van der Waals surface area contributed by atoms with Crippen LogP contribution < -0.4 is 9.47 Å². The second-order valence-corrected chi connectivity index (χ2v) is 46.1. The third-order valence-corrected chi connectivity index (χ3v) is 24.7. The van der Waals surface area contributed by atoms with Crippen LogP contribution in [0, 0.1) is 32.5 Å². The molecular formula is C127H198O19. The second kappa shape index (κ2) is 67.1. The average Bonchev–Trinajstić information content (AvgIpc) is 0.838. The van der Waals surface area contributed by atoms with Crippen molar-refractivity contribution in [1.29, 1.82) is 0 Å². The van der Waals surface area contributed by atoms with Gasteiger partial charge < -0.3 is 58.3 Å². The fourth-order valence-corrected chi connectivity index (χ4v) is 10.8. The summed E-state index contributed by atoms with van der Waals surface area (Å²) >= 11 is 0. The molecular weight excluding hydrogens is 1830 g/mol. The van der Waals surface area contributed by atoms with Gasteiger partial charge in [-0.05, 0) is 404 Å². The molecule has 146 heavy (non-hydrogen) atoms. The summed E-state index contributed by atoms with van der Waals surface area (Å²) in [5.74, 6) is 4.46. The predicted molar refractivity (Wildman–Crippen MR) is 605 cm³/mol. The highest BCUT2D eigenvalue weighted by Crippen LogP contribution is 2.34. The van der Waals surface area contributed by atoms with E-state index in [-0.39, 0.29) is 97.9 Å². The van der Waals surface area contributed by atoms with Crippen molar-refractivity contribution in [3.8, 4) is 45.6 Å². The zero-order chi connectivity index (χ0) is 113. The van der Waals surface area contributed by atoms with Crippen molar-refractivity contribution < 1.29 is 91.9 Å². The Morgan fingerprint density at radius 3 is 0.671 bits per heavy atom. The van der Waals surface area contributed by atoms with Crippen LogP contribution in [-0.4, -0.2) is 96.8 Å². The summed E-state index contributed by atoms with van der Waals surface area (Å²) in [4.78, 5) is 81.1. The summed E-state index contributed by atoms with van der Waals surface area (Å²) in [6.07, 6.45) is 10.5. The van der Waals surface area contributed by atoms with Gasteiger partial charge in [-0.3, -0.25) is 28.8 Å². The van der Waals surface area contributed by atoms with Gasteiger partial charge in [-0.15, -0.1) is 0 Å². The minimum atomic E-state index is -0.471. The maximum Gasteiger partial charge on any atom is 0.344 e. The number of phenols is 4. The van der Waals surface area contributed by atoms with Crippen LogP contribution in [0.1, 0.15) is 431 Å². The molecule has 19 heteroatoms. The molecule has 0 aliphatic carbocycles. The molecule has 0 bridgehead atoms. The molecule has 0 fully saturated rings. The first-order valence-electron chi connectivity index (χ1n) is 52.7. The molecule has 0 heterocycles. The first kappa shape index (κ1) is 139. The van der Waals surface area contributed by atoms with Crippen LogP contribution in [0.5, 0.6) is 34.5 Å². The number of phenolic OH excluding ortho intramolecular Hbond substituents is 4. The molecule has 0 aliphatic heterocycles. The first-order chi connectivity index (χ1) is 67.1. The number of ether oxygens (including phenoxy) is 8. The molecule has 0 saturated heterocycles. The molecule has 19 nitrogen and oxygen atoms in total. The van der Waals surface area contributed by atoms with Crippen LogP contribution >= 0.6 is 0 Å². The molecule has 8 aromatic rings. The molecule has 0 radical (unpaired) electrons. The second-order valence-electron chi connectivity index (χ2n) is 46.1. The lowest BCUT2D eigenvalue weighted by molar-refractivity contribution is -0.166. The minimum Gasteiger partial charge on any atom is -0.508 e. The molecule has 5 atom stereocenters. The highest BCUT2D eigenvalue weighted by atomic mass is 16.6. The summed E-state index contributed by atoms with van der Waals surface area (Å²) in [5.41, 5.74) is 5.56. The number of hydrogen-bond donors (Lipinski definition) is 4. The zero-order valence-corrected chi connectivity index (χ0v) is 98.6. The summed E-state index contributed by atoms with van der Waals surface area (Å²) in [6.45, 7) is 85.0. The Morgan fingerprint density at radius 1 is 0.240 bits per heavy atom. The van der Waals surface area contributed by atoms with E-state index in [4.69, 9.17) is 58.3 Å². The molecule has 5 unspecified atom stereocenters. The van der Waals surface area contributed by atoms with Crippen molar-refractivity contribution in [3.05, 3.63) is 240 Å². The Kier molecular flexibility index (Phi) is 64.0. The van der Waals surface area contributed by atoms with Crippen LogP contribution in [0.3, 0.4) is 0 Å². The first-order valence-corrected chi connectivity index (χ1v) is 52.7. The Morgan fingerprint density at radius 2 is 0.445 bits per heavy atom. The third kappa shape index (κ3) is 62.9. The summed E-state index contributed by atoms with van der Waals surface area (Å²) < 4.78 is 42.3. The molecule has 820 valence electrons. The Bertz CT molecular complexity index is 4530. The quantitative estimate of drug-likeness (QED) is 0.0193. The van der Waals surface area contributed by atoms with E-state index in [1.807, 2.05) is 374 Å².